The van der Waals surface area contributed by atoms with Gasteiger partial charge < -0.3 is 10.2 Å². The van der Waals surface area contributed by atoms with Crippen molar-refractivity contribution < 1.29 is 9.18 Å². The Morgan fingerprint density at radius 3 is 2.48 bits per heavy atom. The Morgan fingerprint density at radius 2 is 1.84 bits per heavy atom. The number of aromatic nitrogens is 2. The number of unbranched alkanes of at least 4 members (excludes halogenated alkanes) is 1. The third-order valence-electron chi connectivity index (χ3n) is 5.29. The van der Waals surface area contributed by atoms with Gasteiger partial charge in [0.15, 0.2) is 0 Å². The largest absolute Gasteiger partial charge is 0.338 e. The number of nitrogens with zero attached hydrogens (tertiary/aromatic N) is 3. The molecule has 1 heterocycles. The van der Waals surface area contributed by atoms with Crippen LogP contribution < -0.4 is 10.9 Å². The first-order chi connectivity index (χ1) is 15.0. The highest BCUT2D eigenvalue weighted by atomic mass is 19.1. The zero-order valence-electron chi connectivity index (χ0n) is 18.3. The summed E-state index contributed by atoms with van der Waals surface area (Å²) in [5, 5.41) is 3.36. The van der Waals surface area contributed by atoms with Gasteiger partial charge in [0.05, 0.1) is 22.6 Å². The van der Waals surface area contributed by atoms with Crippen LogP contribution in [0, 0.1) is 5.82 Å². The Hall–Kier alpha value is -3.22. The van der Waals surface area contributed by atoms with Crippen molar-refractivity contribution in [2.45, 2.75) is 46.1 Å². The highest BCUT2D eigenvalue weighted by molar-refractivity contribution is 5.78. The van der Waals surface area contributed by atoms with Crippen LogP contribution in [0.4, 0.5) is 9.18 Å². The molecule has 0 saturated heterocycles. The molecule has 0 bridgehead atoms. The third-order valence-corrected chi connectivity index (χ3v) is 5.29. The summed E-state index contributed by atoms with van der Waals surface area (Å²) in [4.78, 5) is 33.0. The van der Waals surface area contributed by atoms with Crippen LogP contribution in [0.5, 0.6) is 0 Å². The second-order valence-electron chi connectivity index (χ2n) is 7.41. The topological polar surface area (TPSA) is 67.2 Å². The van der Waals surface area contributed by atoms with Gasteiger partial charge in [-0.15, -0.1) is 0 Å². The fourth-order valence-electron chi connectivity index (χ4n) is 3.74. The molecule has 2 aromatic carbocycles. The van der Waals surface area contributed by atoms with Crippen LogP contribution in [0.25, 0.3) is 16.6 Å². The zero-order chi connectivity index (χ0) is 22.4. The molecule has 1 unspecified atom stereocenters. The Labute approximate surface area is 181 Å². The van der Waals surface area contributed by atoms with Gasteiger partial charge in [-0.3, -0.25) is 9.36 Å². The van der Waals surface area contributed by atoms with E-state index in [4.69, 9.17) is 4.98 Å². The first-order valence-electron chi connectivity index (χ1n) is 10.8. The van der Waals surface area contributed by atoms with Crippen LogP contribution in [0.2, 0.25) is 0 Å². The van der Waals surface area contributed by atoms with Crippen LogP contribution in [-0.2, 0) is 0 Å². The maximum absolute atomic E-state index is 13.6. The van der Waals surface area contributed by atoms with Crippen LogP contribution >= 0.6 is 0 Å². The number of hydrogen-bond acceptors (Lipinski definition) is 3. The maximum Gasteiger partial charge on any atom is 0.318 e. The van der Waals surface area contributed by atoms with E-state index in [1.165, 1.54) is 16.7 Å². The van der Waals surface area contributed by atoms with Gasteiger partial charge in [0.25, 0.3) is 5.56 Å². The molecule has 0 aliphatic carbocycles. The number of hydrogen-bond donors (Lipinski definition) is 1. The van der Waals surface area contributed by atoms with Crippen LogP contribution in [-0.4, -0.2) is 33.6 Å². The summed E-state index contributed by atoms with van der Waals surface area (Å²) in [6, 6.07) is 12.3. The molecule has 1 N–H and O–H groups in total. The number of amides is 2. The van der Waals surface area contributed by atoms with E-state index in [9.17, 15) is 14.0 Å². The van der Waals surface area contributed by atoms with E-state index in [-0.39, 0.29) is 17.4 Å². The number of benzene rings is 2. The molecule has 0 spiro atoms. The van der Waals surface area contributed by atoms with Gasteiger partial charge in [0.2, 0.25) is 0 Å². The first kappa shape index (κ1) is 22.5. The van der Waals surface area contributed by atoms with Gasteiger partial charge in [-0.1, -0.05) is 32.4 Å². The molecule has 6 nitrogen and oxygen atoms in total. The molecular formula is C24H29FN4O2. The van der Waals surface area contributed by atoms with Gasteiger partial charge >= 0.3 is 6.03 Å². The fraction of sp³-hybridized carbons (Fsp3) is 0.375. The Balaban J connectivity index is 2.26. The van der Waals surface area contributed by atoms with Crippen molar-refractivity contribution in [3.63, 3.8) is 0 Å². The Bertz CT molecular complexity index is 1090. The molecule has 7 heteroatoms. The summed E-state index contributed by atoms with van der Waals surface area (Å²) in [6.07, 6.45) is 2.34. The van der Waals surface area contributed by atoms with Crippen molar-refractivity contribution >= 4 is 16.9 Å². The number of rotatable bonds is 8. The lowest BCUT2D eigenvalue weighted by molar-refractivity contribution is 0.167. The van der Waals surface area contributed by atoms with Gasteiger partial charge in [0.1, 0.15) is 11.6 Å². The molecule has 31 heavy (non-hydrogen) atoms. The van der Waals surface area contributed by atoms with Crippen molar-refractivity contribution in [2.75, 3.05) is 13.1 Å². The summed E-state index contributed by atoms with van der Waals surface area (Å²) in [7, 11) is 0. The second kappa shape index (κ2) is 10.2. The monoisotopic (exact) mass is 424 g/mol. The predicted molar refractivity (Wildman–Crippen MR) is 121 cm³/mol. The summed E-state index contributed by atoms with van der Waals surface area (Å²) < 4.78 is 15.1. The third kappa shape index (κ3) is 4.76. The molecular weight excluding hydrogens is 395 g/mol. The average Bonchev–Trinajstić information content (AvgIpc) is 2.77. The lowest BCUT2D eigenvalue weighted by atomic mass is 10.1. The summed E-state index contributed by atoms with van der Waals surface area (Å²) in [5.74, 6) is 0.0891. The predicted octanol–water partition coefficient (Wildman–Crippen LogP) is 4.81. The summed E-state index contributed by atoms with van der Waals surface area (Å²) in [5.41, 5.74) is 0.854. The lowest BCUT2D eigenvalue weighted by Crippen LogP contribution is -2.44. The minimum Gasteiger partial charge on any atom is -0.338 e. The normalized spacial score (nSPS) is 12.0. The van der Waals surface area contributed by atoms with Gasteiger partial charge in [-0.25, -0.2) is 14.2 Å². The molecule has 0 saturated carbocycles. The average molecular weight is 425 g/mol. The van der Waals surface area contributed by atoms with E-state index in [0.29, 0.717) is 41.9 Å². The number of urea groups is 1. The summed E-state index contributed by atoms with van der Waals surface area (Å²) in [6.45, 7) is 6.97. The van der Waals surface area contributed by atoms with E-state index in [2.05, 4.69) is 12.2 Å². The zero-order valence-corrected chi connectivity index (χ0v) is 18.3. The van der Waals surface area contributed by atoms with Crippen LogP contribution in [0.15, 0.2) is 53.3 Å². The second-order valence-corrected chi connectivity index (χ2v) is 7.41. The molecule has 2 amide bonds. The molecule has 164 valence electrons. The van der Waals surface area contributed by atoms with Crippen LogP contribution in [0.3, 0.4) is 0 Å². The van der Waals surface area contributed by atoms with Crippen molar-refractivity contribution in [3.05, 3.63) is 70.5 Å². The SMILES string of the molecule is CCCCN(C(=O)NCC)C(CC)c1nc2ccccc2c(=O)n1-c1ccc(F)cc1. The fourth-order valence-corrected chi connectivity index (χ4v) is 3.74. The van der Waals surface area contributed by atoms with E-state index in [0.717, 1.165) is 12.8 Å². The molecule has 3 rings (SSSR count). The number of fused-ring (bicyclic) bond motifs is 1. The highest BCUT2D eigenvalue weighted by Crippen LogP contribution is 2.26. The maximum atomic E-state index is 13.6. The molecule has 1 aromatic heterocycles. The van der Waals surface area contributed by atoms with Crippen molar-refractivity contribution in [2.24, 2.45) is 0 Å². The van der Waals surface area contributed by atoms with Gasteiger partial charge in [-0.05, 0) is 56.2 Å². The van der Waals surface area contributed by atoms with E-state index in [1.54, 1.807) is 35.2 Å². The van der Waals surface area contributed by atoms with Crippen molar-refractivity contribution in [1.82, 2.24) is 19.8 Å². The van der Waals surface area contributed by atoms with E-state index < -0.39 is 6.04 Å². The van der Waals surface area contributed by atoms with E-state index in [1.807, 2.05) is 19.9 Å². The standard InChI is InChI=1S/C24H29FN4O2/c1-4-7-16-28(24(31)26-6-3)21(5-2)22-27-20-11-9-8-10-19(20)23(30)29(22)18-14-12-17(25)13-15-18/h8-15,21H,4-7,16H2,1-3H3,(H,26,31). The van der Waals surface area contributed by atoms with E-state index >= 15 is 0 Å². The lowest BCUT2D eigenvalue weighted by Gasteiger charge is -2.32. The molecule has 0 fully saturated rings. The minimum absolute atomic E-state index is 0.184. The number of carbonyl (C=O) groups is 1. The molecule has 0 aliphatic heterocycles. The number of halogens is 1. The molecule has 0 radical (unpaired) electrons. The number of nitrogens with one attached hydrogen (secondary N) is 1. The highest BCUT2D eigenvalue weighted by Gasteiger charge is 2.28. The van der Waals surface area contributed by atoms with Gasteiger partial charge in [0, 0.05) is 13.1 Å². The Morgan fingerprint density at radius 1 is 1.13 bits per heavy atom. The molecule has 3 aromatic rings. The molecule has 1 atom stereocenters. The summed E-state index contributed by atoms with van der Waals surface area (Å²) >= 11 is 0. The number of para-hydroxylation sites is 1. The van der Waals surface area contributed by atoms with Crippen LogP contribution in [0.1, 0.15) is 51.9 Å². The van der Waals surface area contributed by atoms with Gasteiger partial charge in [-0.2, -0.15) is 0 Å². The number of carbonyl (C=O) groups excluding carboxylic acids is 1. The molecule has 0 aliphatic rings. The van der Waals surface area contributed by atoms with Crippen molar-refractivity contribution in [3.8, 4) is 5.69 Å². The minimum atomic E-state index is -0.416. The smallest absolute Gasteiger partial charge is 0.318 e. The van der Waals surface area contributed by atoms with Crippen molar-refractivity contribution in [1.29, 1.82) is 0 Å². The Kier molecular flexibility index (Phi) is 7.39. The quantitative estimate of drug-likeness (QED) is 0.564. The first-order valence-corrected chi connectivity index (χ1v) is 10.8.